The summed E-state index contributed by atoms with van der Waals surface area (Å²) >= 11 is 0. The van der Waals surface area contributed by atoms with Crippen molar-refractivity contribution < 1.29 is 9.47 Å². The summed E-state index contributed by atoms with van der Waals surface area (Å²) < 4.78 is 10.7. The van der Waals surface area contributed by atoms with E-state index < -0.39 is 0 Å². The molecule has 92 valence electrons. The molecule has 0 amide bonds. The van der Waals surface area contributed by atoms with Gasteiger partial charge in [0.15, 0.2) is 0 Å². The summed E-state index contributed by atoms with van der Waals surface area (Å²) in [5.41, 5.74) is 0. The fraction of sp³-hybridized carbons (Fsp3) is 1.00. The average Bonchev–Trinajstić information content (AvgIpc) is 2.88. The van der Waals surface area contributed by atoms with Crippen LogP contribution in [0.2, 0.25) is 0 Å². The molecular formula is C14H24O2. The fourth-order valence-electron chi connectivity index (χ4n) is 5.10. The van der Waals surface area contributed by atoms with Crippen LogP contribution in [0, 0.1) is 35.5 Å². The van der Waals surface area contributed by atoms with Gasteiger partial charge in [-0.2, -0.15) is 0 Å². The van der Waals surface area contributed by atoms with Gasteiger partial charge in [0.2, 0.25) is 0 Å². The molecule has 2 heteroatoms. The van der Waals surface area contributed by atoms with Crippen LogP contribution in [0.25, 0.3) is 0 Å². The van der Waals surface area contributed by atoms with Gasteiger partial charge in [0.25, 0.3) is 0 Å². The lowest BCUT2D eigenvalue weighted by Crippen LogP contribution is -2.26. The Labute approximate surface area is 98.7 Å². The Morgan fingerprint density at radius 1 is 0.812 bits per heavy atom. The first-order valence-electron chi connectivity index (χ1n) is 6.81. The Balaban J connectivity index is 1.65. The molecule has 2 nitrogen and oxygen atoms in total. The molecule has 3 saturated carbocycles. The van der Waals surface area contributed by atoms with E-state index in [0.29, 0.717) is 0 Å². The highest BCUT2D eigenvalue weighted by atomic mass is 16.5. The molecule has 6 unspecified atom stereocenters. The van der Waals surface area contributed by atoms with Crippen molar-refractivity contribution in [1.82, 2.24) is 0 Å². The van der Waals surface area contributed by atoms with Gasteiger partial charge in [0.05, 0.1) is 0 Å². The zero-order chi connectivity index (χ0) is 11.1. The number of methoxy groups -OCH3 is 2. The third-order valence-electron chi connectivity index (χ3n) is 5.49. The van der Waals surface area contributed by atoms with Crippen LogP contribution in [0.3, 0.4) is 0 Å². The van der Waals surface area contributed by atoms with Crippen molar-refractivity contribution in [3.63, 3.8) is 0 Å². The van der Waals surface area contributed by atoms with E-state index in [1.807, 2.05) is 14.2 Å². The molecule has 3 aliphatic rings. The van der Waals surface area contributed by atoms with Crippen molar-refractivity contribution >= 4 is 0 Å². The minimum Gasteiger partial charge on any atom is -0.384 e. The summed E-state index contributed by atoms with van der Waals surface area (Å²) in [5, 5.41) is 0. The molecule has 0 heterocycles. The predicted molar refractivity (Wildman–Crippen MR) is 63.2 cm³/mol. The van der Waals surface area contributed by atoms with E-state index in [1.165, 1.54) is 25.7 Å². The van der Waals surface area contributed by atoms with Crippen LogP contribution < -0.4 is 0 Å². The van der Waals surface area contributed by atoms with E-state index in [1.54, 1.807) is 0 Å². The molecule has 0 aromatic carbocycles. The number of rotatable bonds is 4. The van der Waals surface area contributed by atoms with E-state index in [9.17, 15) is 0 Å². The quantitative estimate of drug-likeness (QED) is 0.730. The second-order valence-electron chi connectivity index (χ2n) is 6.23. The normalized spacial score (nSPS) is 49.9. The Hall–Kier alpha value is -0.0800. The molecular weight excluding hydrogens is 200 g/mol. The SMILES string of the molecule is COCC1CC2C3CC(COC)C(C3)C2C1. The van der Waals surface area contributed by atoms with Gasteiger partial charge in [0, 0.05) is 27.4 Å². The number of hydrogen-bond acceptors (Lipinski definition) is 2. The highest BCUT2D eigenvalue weighted by Gasteiger charge is 2.55. The first-order chi connectivity index (χ1) is 7.83. The smallest absolute Gasteiger partial charge is 0.0493 e. The molecule has 2 bridgehead atoms. The zero-order valence-corrected chi connectivity index (χ0v) is 10.5. The Morgan fingerprint density at radius 2 is 1.56 bits per heavy atom. The lowest BCUT2D eigenvalue weighted by atomic mass is 9.76. The molecule has 16 heavy (non-hydrogen) atoms. The lowest BCUT2D eigenvalue weighted by molar-refractivity contribution is 0.0871. The molecule has 0 radical (unpaired) electrons. The van der Waals surface area contributed by atoms with Gasteiger partial charge in [-0.1, -0.05) is 0 Å². The van der Waals surface area contributed by atoms with Crippen LogP contribution in [0.1, 0.15) is 25.7 Å². The number of hydrogen-bond donors (Lipinski definition) is 0. The number of fused-ring (bicyclic) bond motifs is 5. The Kier molecular flexibility index (Phi) is 2.97. The van der Waals surface area contributed by atoms with Crippen LogP contribution in [0.15, 0.2) is 0 Å². The van der Waals surface area contributed by atoms with Gasteiger partial charge >= 0.3 is 0 Å². The molecule has 3 aliphatic carbocycles. The summed E-state index contributed by atoms with van der Waals surface area (Å²) in [7, 11) is 3.70. The molecule has 0 N–H and O–H groups in total. The zero-order valence-electron chi connectivity index (χ0n) is 10.5. The minimum atomic E-state index is 0.853. The average molecular weight is 224 g/mol. The van der Waals surface area contributed by atoms with Gasteiger partial charge in [-0.3, -0.25) is 0 Å². The second kappa shape index (κ2) is 4.30. The van der Waals surface area contributed by atoms with Crippen LogP contribution in [-0.2, 0) is 9.47 Å². The van der Waals surface area contributed by atoms with Gasteiger partial charge in [-0.05, 0) is 61.2 Å². The highest BCUT2D eigenvalue weighted by Crippen LogP contribution is 2.62. The van der Waals surface area contributed by atoms with Gasteiger partial charge in [-0.25, -0.2) is 0 Å². The fourth-order valence-corrected chi connectivity index (χ4v) is 5.10. The van der Waals surface area contributed by atoms with Gasteiger partial charge in [-0.15, -0.1) is 0 Å². The summed E-state index contributed by atoms with van der Waals surface area (Å²) in [5.74, 6) is 5.79. The second-order valence-corrected chi connectivity index (χ2v) is 6.23. The van der Waals surface area contributed by atoms with Crippen molar-refractivity contribution in [3.8, 4) is 0 Å². The van der Waals surface area contributed by atoms with E-state index in [2.05, 4.69) is 0 Å². The summed E-state index contributed by atoms with van der Waals surface area (Å²) in [4.78, 5) is 0. The largest absolute Gasteiger partial charge is 0.384 e. The summed E-state index contributed by atoms with van der Waals surface area (Å²) in [6.07, 6.45) is 5.82. The van der Waals surface area contributed by atoms with E-state index in [4.69, 9.17) is 9.47 Å². The van der Waals surface area contributed by atoms with Crippen molar-refractivity contribution in [2.24, 2.45) is 35.5 Å². The lowest BCUT2D eigenvalue weighted by Gasteiger charge is -2.30. The molecule has 0 aromatic rings. The van der Waals surface area contributed by atoms with E-state index >= 15 is 0 Å². The highest BCUT2D eigenvalue weighted by molar-refractivity contribution is 5.04. The van der Waals surface area contributed by atoms with Crippen molar-refractivity contribution in [2.45, 2.75) is 25.7 Å². The standard InChI is InChI=1S/C14H24O2/c1-15-7-9-3-12-10-5-11(8-16-2)13(6-10)14(12)4-9/h9-14H,3-8H2,1-2H3. The van der Waals surface area contributed by atoms with Crippen LogP contribution >= 0.6 is 0 Å². The van der Waals surface area contributed by atoms with E-state index in [-0.39, 0.29) is 0 Å². The number of ether oxygens (including phenoxy) is 2. The van der Waals surface area contributed by atoms with Gasteiger partial charge < -0.3 is 9.47 Å². The van der Waals surface area contributed by atoms with Crippen LogP contribution in [0.4, 0.5) is 0 Å². The third-order valence-corrected chi connectivity index (χ3v) is 5.49. The molecule has 3 rings (SSSR count). The van der Waals surface area contributed by atoms with Crippen molar-refractivity contribution in [3.05, 3.63) is 0 Å². The molecule has 0 aromatic heterocycles. The van der Waals surface area contributed by atoms with Crippen LogP contribution in [0.5, 0.6) is 0 Å². The minimum absolute atomic E-state index is 0.853. The monoisotopic (exact) mass is 224 g/mol. The maximum Gasteiger partial charge on any atom is 0.0493 e. The first-order valence-corrected chi connectivity index (χ1v) is 6.81. The summed E-state index contributed by atoms with van der Waals surface area (Å²) in [6.45, 7) is 1.99. The summed E-state index contributed by atoms with van der Waals surface area (Å²) in [6, 6.07) is 0. The maximum atomic E-state index is 5.38. The van der Waals surface area contributed by atoms with E-state index in [0.717, 1.165) is 48.7 Å². The first kappa shape index (κ1) is 11.0. The van der Waals surface area contributed by atoms with Crippen molar-refractivity contribution in [1.29, 1.82) is 0 Å². The predicted octanol–water partition coefficient (Wildman–Crippen LogP) is 2.58. The van der Waals surface area contributed by atoms with Crippen LogP contribution in [-0.4, -0.2) is 27.4 Å². The molecule has 0 saturated heterocycles. The molecule has 3 fully saturated rings. The Morgan fingerprint density at radius 3 is 2.31 bits per heavy atom. The third kappa shape index (κ3) is 1.62. The molecule has 6 atom stereocenters. The maximum absolute atomic E-state index is 5.38. The van der Waals surface area contributed by atoms with Gasteiger partial charge in [0.1, 0.15) is 0 Å². The molecule has 0 spiro atoms. The Bertz CT molecular complexity index is 253. The molecule has 0 aliphatic heterocycles. The topological polar surface area (TPSA) is 18.5 Å². The van der Waals surface area contributed by atoms with Crippen molar-refractivity contribution in [2.75, 3.05) is 27.4 Å².